The smallest absolute Gasteiger partial charge is 0.0619 e. The first-order valence-electron chi connectivity index (χ1n) is 7.85. The predicted octanol–water partition coefficient (Wildman–Crippen LogP) is 2.55. The van der Waals surface area contributed by atoms with Gasteiger partial charge in [0.2, 0.25) is 0 Å². The van der Waals surface area contributed by atoms with Gasteiger partial charge in [-0.25, -0.2) is 0 Å². The van der Waals surface area contributed by atoms with E-state index in [2.05, 4.69) is 55.8 Å². The Labute approximate surface area is 122 Å². The maximum Gasteiger partial charge on any atom is 0.0619 e. The van der Waals surface area contributed by atoms with Crippen LogP contribution in [0, 0.1) is 12.3 Å². The van der Waals surface area contributed by atoms with Gasteiger partial charge in [0.05, 0.1) is 11.8 Å². The molecule has 0 spiro atoms. The fraction of sp³-hybridized carbons (Fsp3) is 0.812. The fourth-order valence-electron chi connectivity index (χ4n) is 3.13. The third-order valence-electron chi connectivity index (χ3n) is 4.51. The van der Waals surface area contributed by atoms with Gasteiger partial charge in [-0.2, -0.15) is 5.10 Å². The van der Waals surface area contributed by atoms with Crippen LogP contribution in [0.25, 0.3) is 0 Å². The molecule has 2 atom stereocenters. The number of rotatable bonds is 6. The highest BCUT2D eigenvalue weighted by Gasteiger charge is 2.42. The molecule has 0 aliphatic carbocycles. The van der Waals surface area contributed by atoms with E-state index in [1.165, 1.54) is 5.69 Å². The first-order chi connectivity index (χ1) is 9.47. The third-order valence-corrected chi connectivity index (χ3v) is 4.51. The summed E-state index contributed by atoms with van der Waals surface area (Å²) in [6.07, 6.45) is 2.47. The predicted molar refractivity (Wildman–Crippen MR) is 81.9 cm³/mol. The Balaban J connectivity index is 2.19. The highest BCUT2D eigenvalue weighted by molar-refractivity contribution is 5.13. The van der Waals surface area contributed by atoms with Crippen molar-refractivity contribution in [3.05, 3.63) is 17.5 Å². The molecule has 0 amide bonds. The van der Waals surface area contributed by atoms with Gasteiger partial charge in [-0.1, -0.05) is 13.8 Å². The van der Waals surface area contributed by atoms with E-state index in [-0.39, 0.29) is 5.41 Å². The summed E-state index contributed by atoms with van der Waals surface area (Å²) in [6.45, 7) is 13.7. The number of ether oxygens (including phenoxy) is 1. The van der Waals surface area contributed by atoms with E-state index in [9.17, 15) is 0 Å². The number of nitrogens with zero attached hydrogens (tertiary/aromatic N) is 2. The van der Waals surface area contributed by atoms with Crippen molar-refractivity contribution in [3.8, 4) is 0 Å². The molecule has 1 aromatic heterocycles. The van der Waals surface area contributed by atoms with Crippen LogP contribution in [-0.2, 0) is 17.7 Å². The number of aromatic nitrogens is 2. The second-order valence-corrected chi connectivity index (χ2v) is 6.43. The molecule has 2 heterocycles. The van der Waals surface area contributed by atoms with Gasteiger partial charge in [-0.15, -0.1) is 0 Å². The van der Waals surface area contributed by atoms with Crippen LogP contribution in [0.2, 0.25) is 0 Å². The molecule has 0 bridgehead atoms. The van der Waals surface area contributed by atoms with Crippen molar-refractivity contribution >= 4 is 0 Å². The minimum Gasteiger partial charge on any atom is -0.378 e. The molecular weight excluding hydrogens is 250 g/mol. The van der Waals surface area contributed by atoms with Crippen LogP contribution in [0.5, 0.6) is 0 Å². The average molecular weight is 279 g/mol. The Kier molecular flexibility index (Phi) is 4.86. The second-order valence-electron chi connectivity index (χ2n) is 6.43. The molecule has 1 aliphatic rings. The van der Waals surface area contributed by atoms with Crippen molar-refractivity contribution in [3.63, 3.8) is 0 Å². The highest BCUT2D eigenvalue weighted by Crippen LogP contribution is 2.38. The summed E-state index contributed by atoms with van der Waals surface area (Å²) in [5.74, 6) is 0. The minimum atomic E-state index is 0.198. The van der Waals surface area contributed by atoms with Gasteiger partial charge in [-0.05, 0) is 39.7 Å². The number of nitrogens with one attached hydrogen (secondary N) is 1. The number of hydrogen-bond donors (Lipinski definition) is 1. The van der Waals surface area contributed by atoms with Crippen LogP contribution in [0.4, 0.5) is 0 Å². The normalized spacial score (nSPS) is 26.6. The second kappa shape index (κ2) is 6.27. The molecule has 0 radical (unpaired) electrons. The van der Waals surface area contributed by atoms with Gasteiger partial charge in [0.25, 0.3) is 0 Å². The molecule has 1 fully saturated rings. The first kappa shape index (κ1) is 15.5. The third kappa shape index (κ3) is 3.23. The van der Waals surface area contributed by atoms with Crippen molar-refractivity contribution in [2.24, 2.45) is 5.41 Å². The zero-order chi connectivity index (χ0) is 14.8. The molecule has 2 rings (SSSR count). The van der Waals surface area contributed by atoms with E-state index < -0.39 is 0 Å². The largest absolute Gasteiger partial charge is 0.378 e. The lowest BCUT2D eigenvalue weighted by atomic mass is 9.77. The maximum atomic E-state index is 5.88. The molecule has 1 aromatic rings. The van der Waals surface area contributed by atoms with Crippen LogP contribution in [0.3, 0.4) is 0 Å². The Bertz CT molecular complexity index is 441. The molecular formula is C16H29N3O. The summed E-state index contributed by atoms with van der Waals surface area (Å²) in [4.78, 5) is 0. The zero-order valence-corrected chi connectivity index (χ0v) is 13.6. The lowest BCUT2D eigenvalue weighted by Crippen LogP contribution is -2.43. The van der Waals surface area contributed by atoms with E-state index in [0.29, 0.717) is 12.1 Å². The number of hydrogen-bond acceptors (Lipinski definition) is 3. The van der Waals surface area contributed by atoms with Gasteiger partial charge in [0.15, 0.2) is 0 Å². The molecule has 2 unspecified atom stereocenters. The van der Waals surface area contributed by atoms with Gasteiger partial charge in [0, 0.05) is 36.8 Å². The van der Waals surface area contributed by atoms with Crippen molar-refractivity contribution in [1.82, 2.24) is 15.1 Å². The molecule has 1 N–H and O–H groups in total. The van der Waals surface area contributed by atoms with E-state index in [1.54, 1.807) is 0 Å². The maximum absolute atomic E-state index is 5.88. The van der Waals surface area contributed by atoms with Crippen molar-refractivity contribution in [2.75, 3.05) is 13.2 Å². The Hall–Kier alpha value is -0.870. The van der Waals surface area contributed by atoms with Crippen LogP contribution in [0.1, 0.15) is 45.5 Å². The van der Waals surface area contributed by atoms with Crippen molar-refractivity contribution in [2.45, 2.75) is 66.2 Å². The summed E-state index contributed by atoms with van der Waals surface area (Å²) in [6, 6.07) is 2.74. The quantitative estimate of drug-likeness (QED) is 0.870. The van der Waals surface area contributed by atoms with Crippen LogP contribution in [-0.4, -0.2) is 35.1 Å². The summed E-state index contributed by atoms with van der Waals surface area (Å²) in [7, 11) is 0. The van der Waals surface area contributed by atoms with Crippen LogP contribution < -0.4 is 5.32 Å². The van der Waals surface area contributed by atoms with Gasteiger partial charge in [-0.3, -0.25) is 4.68 Å². The lowest BCUT2D eigenvalue weighted by Gasteiger charge is -2.33. The molecule has 4 nitrogen and oxygen atoms in total. The van der Waals surface area contributed by atoms with Crippen molar-refractivity contribution < 1.29 is 4.74 Å². The first-order valence-corrected chi connectivity index (χ1v) is 7.85. The topological polar surface area (TPSA) is 39.1 Å². The molecule has 0 aromatic carbocycles. The average Bonchev–Trinajstić information content (AvgIpc) is 2.92. The molecule has 114 valence electrons. The zero-order valence-electron chi connectivity index (χ0n) is 13.6. The summed E-state index contributed by atoms with van der Waals surface area (Å²) in [5, 5.41) is 8.19. The highest BCUT2D eigenvalue weighted by atomic mass is 16.5. The molecule has 1 saturated heterocycles. The fourth-order valence-corrected chi connectivity index (χ4v) is 3.13. The summed E-state index contributed by atoms with van der Waals surface area (Å²) >= 11 is 0. The van der Waals surface area contributed by atoms with E-state index in [0.717, 1.165) is 38.2 Å². The monoisotopic (exact) mass is 279 g/mol. The van der Waals surface area contributed by atoms with Gasteiger partial charge < -0.3 is 10.1 Å². The van der Waals surface area contributed by atoms with Crippen LogP contribution >= 0.6 is 0 Å². The Morgan fingerprint density at radius 2 is 2.30 bits per heavy atom. The number of aryl methyl sites for hydroxylation is 2. The molecule has 0 saturated carbocycles. The van der Waals surface area contributed by atoms with Gasteiger partial charge >= 0.3 is 0 Å². The van der Waals surface area contributed by atoms with Crippen LogP contribution in [0.15, 0.2) is 6.07 Å². The van der Waals surface area contributed by atoms with E-state index in [4.69, 9.17) is 4.74 Å². The standard InChI is InChI=1S/C16H29N3O/c1-6-19-15(9-13(4)18-19)10-16(11-17-12(2)3)7-8-20-14(16)5/h9,12,14,17H,6-8,10-11H2,1-5H3. The summed E-state index contributed by atoms with van der Waals surface area (Å²) < 4.78 is 8.02. The van der Waals surface area contributed by atoms with E-state index >= 15 is 0 Å². The summed E-state index contributed by atoms with van der Waals surface area (Å²) in [5.41, 5.74) is 2.65. The molecule has 4 heteroatoms. The minimum absolute atomic E-state index is 0.198. The molecule has 1 aliphatic heterocycles. The molecule has 20 heavy (non-hydrogen) atoms. The Morgan fingerprint density at radius 3 is 2.85 bits per heavy atom. The Morgan fingerprint density at radius 1 is 1.55 bits per heavy atom. The van der Waals surface area contributed by atoms with E-state index in [1.807, 2.05) is 0 Å². The lowest BCUT2D eigenvalue weighted by molar-refractivity contribution is 0.0610. The van der Waals surface area contributed by atoms with Gasteiger partial charge in [0.1, 0.15) is 0 Å². The van der Waals surface area contributed by atoms with Crippen molar-refractivity contribution in [1.29, 1.82) is 0 Å². The SMILES string of the molecule is CCn1nc(C)cc1CC1(CNC(C)C)CCOC1C.